The van der Waals surface area contributed by atoms with E-state index in [4.69, 9.17) is 10.9 Å². The molecule has 1 aliphatic carbocycles. The predicted octanol–water partition coefficient (Wildman–Crippen LogP) is 2.13. The Balaban J connectivity index is 2.25. The molecule has 0 atom stereocenters. The summed E-state index contributed by atoms with van der Waals surface area (Å²) in [5.74, 6) is 0.0282. The fourth-order valence-corrected chi connectivity index (χ4v) is 2.76. The summed E-state index contributed by atoms with van der Waals surface area (Å²) in [5.41, 5.74) is 7.23. The molecule has 0 saturated heterocycles. The van der Waals surface area contributed by atoms with Crippen LogP contribution < -0.4 is 5.73 Å². The molecule has 1 fully saturated rings. The number of benzene rings is 1. The average Bonchev–Trinajstić information content (AvgIpc) is 2.98. The van der Waals surface area contributed by atoms with Crippen LogP contribution in [-0.2, 0) is 0 Å². The number of nitrogens with zero attached hydrogens (tertiary/aromatic N) is 2. The molecule has 0 unspecified atom stereocenters. The third-order valence-corrected chi connectivity index (χ3v) is 3.86. The second-order valence-corrected chi connectivity index (χ2v) is 5.28. The largest absolute Gasteiger partial charge is 0.409 e. The Morgan fingerprint density at radius 3 is 2.65 bits per heavy atom. The minimum absolute atomic E-state index is 0.0402. The highest BCUT2D eigenvalue weighted by molar-refractivity contribution is 5.98. The zero-order valence-electron chi connectivity index (χ0n) is 11.7. The summed E-state index contributed by atoms with van der Waals surface area (Å²) < 4.78 is 0. The van der Waals surface area contributed by atoms with Gasteiger partial charge < -0.3 is 15.8 Å². The van der Waals surface area contributed by atoms with Gasteiger partial charge >= 0.3 is 0 Å². The van der Waals surface area contributed by atoms with Crippen molar-refractivity contribution in [2.75, 3.05) is 6.54 Å². The summed E-state index contributed by atoms with van der Waals surface area (Å²) in [5, 5.41) is 11.8. The molecule has 1 amide bonds. The molecule has 5 heteroatoms. The Bertz CT molecular complexity index is 508. The van der Waals surface area contributed by atoms with Crippen molar-refractivity contribution in [3.05, 3.63) is 35.4 Å². The summed E-state index contributed by atoms with van der Waals surface area (Å²) in [4.78, 5) is 14.5. The fraction of sp³-hybridized carbons (Fsp3) is 0.467. The van der Waals surface area contributed by atoms with E-state index in [1.807, 2.05) is 31.2 Å². The lowest BCUT2D eigenvalue weighted by atomic mass is 10.1. The molecule has 3 N–H and O–H groups in total. The predicted molar refractivity (Wildman–Crippen MR) is 77.9 cm³/mol. The highest BCUT2D eigenvalue weighted by Crippen LogP contribution is 2.25. The van der Waals surface area contributed by atoms with E-state index >= 15 is 0 Å². The van der Waals surface area contributed by atoms with Crippen molar-refractivity contribution in [3.63, 3.8) is 0 Å². The average molecular weight is 275 g/mol. The van der Waals surface area contributed by atoms with Crippen LogP contribution in [0.1, 0.15) is 41.6 Å². The summed E-state index contributed by atoms with van der Waals surface area (Å²) in [7, 11) is 0. The quantitative estimate of drug-likeness (QED) is 0.382. The zero-order chi connectivity index (χ0) is 14.5. The van der Waals surface area contributed by atoms with E-state index in [0.717, 1.165) is 31.2 Å². The summed E-state index contributed by atoms with van der Waals surface area (Å²) in [6.45, 7) is 2.10. The molecule has 5 nitrogen and oxygen atoms in total. The van der Waals surface area contributed by atoms with Gasteiger partial charge in [0.25, 0.3) is 5.91 Å². The maximum atomic E-state index is 12.7. The van der Waals surface area contributed by atoms with E-state index < -0.39 is 0 Å². The lowest BCUT2D eigenvalue weighted by Gasteiger charge is -2.29. The molecule has 0 aliphatic heterocycles. The van der Waals surface area contributed by atoms with Crippen LogP contribution >= 0.6 is 0 Å². The molecule has 1 aliphatic rings. The molecular weight excluding hydrogens is 254 g/mol. The number of hydrogen-bond acceptors (Lipinski definition) is 3. The number of hydrogen-bond donors (Lipinski definition) is 2. The van der Waals surface area contributed by atoms with Crippen LogP contribution in [-0.4, -0.2) is 34.4 Å². The van der Waals surface area contributed by atoms with E-state index in [2.05, 4.69) is 5.16 Å². The van der Waals surface area contributed by atoms with Gasteiger partial charge in [-0.1, -0.05) is 36.2 Å². The van der Waals surface area contributed by atoms with E-state index in [1.54, 1.807) is 4.90 Å². The molecule has 20 heavy (non-hydrogen) atoms. The smallest absolute Gasteiger partial charge is 0.254 e. The molecule has 1 saturated carbocycles. The van der Waals surface area contributed by atoms with Gasteiger partial charge in [0.15, 0.2) is 5.84 Å². The lowest BCUT2D eigenvalue weighted by molar-refractivity contribution is 0.0711. The van der Waals surface area contributed by atoms with Gasteiger partial charge in [-0.2, -0.15) is 0 Å². The van der Waals surface area contributed by atoms with Gasteiger partial charge in [0, 0.05) is 11.6 Å². The second-order valence-electron chi connectivity index (χ2n) is 5.28. The number of amidine groups is 1. The first-order valence-electron chi connectivity index (χ1n) is 6.96. The molecule has 0 radical (unpaired) electrons. The van der Waals surface area contributed by atoms with Gasteiger partial charge in [0.1, 0.15) is 0 Å². The van der Waals surface area contributed by atoms with Crippen molar-refractivity contribution < 1.29 is 10.0 Å². The molecule has 0 heterocycles. The normalized spacial score (nSPS) is 16.4. The van der Waals surface area contributed by atoms with E-state index in [-0.39, 0.29) is 24.3 Å². The Hall–Kier alpha value is -2.04. The van der Waals surface area contributed by atoms with E-state index in [0.29, 0.717) is 5.56 Å². The first-order valence-corrected chi connectivity index (χ1v) is 6.96. The first kappa shape index (κ1) is 14.4. The number of rotatable bonds is 4. The van der Waals surface area contributed by atoms with E-state index in [9.17, 15) is 4.79 Å². The Morgan fingerprint density at radius 1 is 1.40 bits per heavy atom. The van der Waals surface area contributed by atoms with Crippen molar-refractivity contribution in [1.29, 1.82) is 0 Å². The highest BCUT2D eigenvalue weighted by atomic mass is 16.4. The molecule has 2 rings (SSSR count). The third-order valence-electron chi connectivity index (χ3n) is 3.86. The highest BCUT2D eigenvalue weighted by Gasteiger charge is 2.28. The number of nitrogens with two attached hydrogens (primary N) is 1. The van der Waals surface area contributed by atoms with Crippen molar-refractivity contribution in [1.82, 2.24) is 4.90 Å². The number of amides is 1. The van der Waals surface area contributed by atoms with Gasteiger partial charge in [0.2, 0.25) is 0 Å². The number of oxime groups is 1. The fourth-order valence-electron chi connectivity index (χ4n) is 2.76. The Kier molecular flexibility index (Phi) is 4.61. The van der Waals surface area contributed by atoms with Gasteiger partial charge in [-0.3, -0.25) is 4.79 Å². The van der Waals surface area contributed by atoms with Crippen molar-refractivity contribution >= 4 is 11.7 Å². The van der Waals surface area contributed by atoms with Crippen LogP contribution in [0.25, 0.3) is 0 Å². The number of aryl methyl sites for hydroxylation is 1. The number of carbonyl (C=O) groups excluding carboxylic acids is 1. The summed E-state index contributed by atoms with van der Waals surface area (Å²) in [6.07, 6.45) is 4.21. The van der Waals surface area contributed by atoms with Crippen LogP contribution in [0, 0.1) is 6.92 Å². The number of carbonyl (C=O) groups is 1. The molecule has 1 aromatic rings. The molecular formula is C15H21N3O2. The van der Waals surface area contributed by atoms with Crippen molar-refractivity contribution in [3.8, 4) is 0 Å². The van der Waals surface area contributed by atoms with Gasteiger partial charge in [-0.05, 0) is 31.4 Å². The Labute approximate surface area is 119 Å². The maximum Gasteiger partial charge on any atom is 0.254 e. The third kappa shape index (κ3) is 3.10. The van der Waals surface area contributed by atoms with Crippen LogP contribution in [0.5, 0.6) is 0 Å². The molecule has 0 aromatic heterocycles. The van der Waals surface area contributed by atoms with Gasteiger partial charge in [0.05, 0.1) is 6.54 Å². The van der Waals surface area contributed by atoms with Crippen LogP contribution in [0.4, 0.5) is 0 Å². The lowest BCUT2D eigenvalue weighted by Crippen LogP contribution is -2.44. The van der Waals surface area contributed by atoms with Gasteiger partial charge in [-0.25, -0.2) is 0 Å². The molecule has 0 bridgehead atoms. The van der Waals surface area contributed by atoms with E-state index in [1.165, 1.54) is 0 Å². The van der Waals surface area contributed by atoms with Crippen molar-refractivity contribution in [2.24, 2.45) is 10.9 Å². The van der Waals surface area contributed by atoms with Crippen LogP contribution in [0.2, 0.25) is 0 Å². The topological polar surface area (TPSA) is 78.9 Å². The van der Waals surface area contributed by atoms with Crippen LogP contribution in [0.3, 0.4) is 0 Å². The first-order chi connectivity index (χ1) is 9.63. The second kappa shape index (κ2) is 6.41. The standard InChI is InChI=1S/C15H21N3O2/c1-11-6-2-5-9-13(11)15(19)18(10-14(16)17-20)12-7-3-4-8-12/h2,5-6,9,12,20H,3-4,7-8,10H2,1H3,(H2,16,17). The molecule has 1 aromatic carbocycles. The minimum atomic E-state index is -0.0402. The molecule has 108 valence electrons. The molecule has 0 spiro atoms. The Morgan fingerprint density at radius 2 is 2.05 bits per heavy atom. The minimum Gasteiger partial charge on any atom is -0.409 e. The maximum absolute atomic E-state index is 12.7. The summed E-state index contributed by atoms with van der Waals surface area (Å²) >= 11 is 0. The monoisotopic (exact) mass is 275 g/mol. The summed E-state index contributed by atoms with van der Waals surface area (Å²) in [6, 6.07) is 7.70. The zero-order valence-corrected chi connectivity index (χ0v) is 11.7. The van der Waals surface area contributed by atoms with Crippen LogP contribution in [0.15, 0.2) is 29.4 Å². The van der Waals surface area contributed by atoms with Gasteiger partial charge in [-0.15, -0.1) is 0 Å². The van der Waals surface area contributed by atoms with Crippen molar-refractivity contribution in [2.45, 2.75) is 38.6 Å². The SMILES string of the molecule is Cc1ccccc1C(=O)N(CC(N)=NO)C1CCCC1.